The lowest BCUT2D eigenvalue weighted by Gasteiger charge is -2.19. The van der Waals surface area contributed by atoms with Crippen LogP contribution in [0.5, 0.6) is 0 Å². The van der Waals surface area contributed by atoms with Gasteiger partial charge < -0.3 is 42.6 Å². The van der Waals surface area contributed by atoms with Gasteiger partial charge in [0.1, 0.15) is 13.2 Å². The van der Waals surface area contributed by atoms with Gasteiger partial charge in [0.15, 0.2) is 6.10 Å². The molecule has 3 aliphatic heterocycles. The third kappa shape index (κ3) is 33.5. The first-order valence-electron chi connectivity index (χ1n) is 28.9. The Morgan fingerprint density at radius 2 is 0.768 bits per heavy atom. The SMILES string of the molecule is CCCCCOC(C)CC(C)OCCCCCCCC(=O)OC(COC(=O)CCCCCCCC1OC1CC(C)OCCCCC)COC(=O)CCCCCCCC1OC1CC1OC1CCCCC. The molecule has 10 atom stereocenters. The second-order valence-corrected chi connectivity index (χ2v) is 20.9. The van der Waals surface area contributed by atoms with Crippen molar-refractivity contribution in [3.05, 3.63) is 0 Å². The highest BCUT2D eigenvalue weighted by Gasteiger charge is 2.47. The molecule has 0 bridgehead atoms. The van der Waals surface area contributed by atoms with Crippen LogP contribution in [-0.2, 0) is 57.0 Å². The van der Waals surface area contributed by atoms with Gasteiger partial charge in [-0.1, -0.05) is 136 Å². The minimum absolute atomic E-state index is 0.121. The van der Waals surface area contributed by atoms with Crippen LogP contribution in [0, 0.1) is 0 Å². The number of ether oxygens (including phenoxy) is 9. The van der Waals surface area contributed by atoms with Crippen LogP contribution in [0.2, 0.25) is 0 Å². The van der Waals surface area contributed by atoms with Crippen molar-refractivity contribution in [2.45, 2.75) is 314 Å². The Morgan fingerprint density at radius 1 is 0.406 bits per heavy atom. The topological polar surface area (TPSA) is 144 Å². The summed E-state index contributed by atoms with van der Waals surface area (Å²) in [6.07, 6.45) is 34.9. The lowest BCUT2D eigenvalue weighted by molar-refractivity contribution is -0.167. The van der Waals surface area contributed by atoms with E-state index < -0.39 is 6.10 Å². The monoisotopic (exact) mass is 981 g/mol. The number of esters is 3. The predicted molar refractivity (Wildman–Crippen MR) is 273 cm³/mol. The van der Waals surface area contributed by atoms with E-state index in [0.717, 1.165) is 155 Å². The van der Waals surface area contributed by atoms with Gasteiger partial charge in [0.05, 0.1) is 54.9 Å². The molecule has 69 heavy (non-hydrogen) atoms. The fraction of sp³-hybridized carbons (Fsp3) is 0.947. The molecule has 12 heteroatoms. The fourth-order valence-corrected chi connectivity index (χ4v) is 9.37. The Labute approximate surface area is 421 Å². The van der Waals surface area contributed by atoms with Gasteiger partial charge >= 0.3 is 17.9 Å². The largest absolute Gasteiger partial charge is 0.462 e. The van der Waals surface area contributed by atoms with E-state index in [4.69, 9.17) is 42.6 Å². The van der Waals surface area contributed by atoms with E-state index in [1.807, 2.05) is 0 Å². The molecule has 3 heterocycles. The van der Waals surface area contributed by atoms with Crippen LogP contribution < -0.4 is 0 Å². The van der Waals surface area contributed by atoms with Crippen LogP contribution in [-0.4, -0.2) is 112 Å². The molecular formula is C57H104O12. The van der Waals surface area contributed by atoms with Crippen molar-refractivity contribution in [3.63, 3.8) is 0 Å². The first-order valence-corrected chi connectivity index (χ1v) is 28.9. The first-order chi connectivity index (χ1) is 33.6. The van der Waals surface area contributed by atoms with Gasteiger partial charge in [0.2, 0.25) is 0 Å². The number of unbranched alkanes of at least 4 members (excludes halogenated alkanes) is 18. The molecule has 0 radical (unpaired) electrons. The average Bonchev–Trinajstić information content (AvgIpc) is 4.28. The fourth-order valence-electron chi connectivity index (χ4n) is 9.37. The highest BCUT2D eigenvalue weighted by Crippen LogP contribution is 2.39. The van der Waals surface area contributed by atoms with Crippen molar-refractivity contribution < 1.29 is 57.0 Å². The maximum absolute atomic E-state index is 12.9. The zero-order valence-corrected chi connectivity index (χ0v) is 45.0. The van der Waals surface area contributed by atoms with Crippen LogP contribution in [0.4, 0.5) is 0 Å². The van der Waals surface area contributed by atoms with Crippen LogP contribution in [0.25, 0.3) is 0 Å². The van der Waals surface area contributed by atoms with Gasteiger partial charge in [0.25, 0.3) is 0 Å². The molecule has 3 aliphatic rings. The number of carbonyl (C=O) groups excluding carboxylic acids is 3. The molecule has 0 saturated carbocycles. The summed E-state index contributed by atoms with van der Waals surface area (Å²) in [5.41, 5.74) is 0. The number of hydrogen-bond acceptors (Lipinski definition) is 12. The molecule has 0 aromatic rings. The number of carbonyl (C=O) groups is 3. The molecule has 0 amide bonds. The Bertz CT molecular complexity index is 1230. The van der Waals surface area contributed by atoms with Gasteiger partial charge in [-0.2, -0.15) is 0 Å². The molecule has 10 unspecified atom stereocenters. The highest BCUT2D eigenvalue weighted by molar-refractivity contribution is 5.71. The lowest BCUT2D eigenvalue weighted by atomic mass is 10.0. The third-order valence-corrected chi connectivity index (χ3v) is 14.0. The molecule has 3 saturated heterocycles. The number of rotatable bonds is 50. The van der Waals surface area contributed by atoms with E-state index in [2.05, 4.69) is 41.5 Å². The zero-order valence-electron chi connectivity index (χ0n) is 45.0. The molecule has 3 rings (SSSR count). The maximum atomic E-state index is 12.9. The molecule has 0 aromatic heterocycles. The molecule has 12 nitrogen and oxygen atoms in total. The van der Waals surface area contributed by atoms with Gasteiger partial charge in [-0.3, -0.25) is 14.4 Å². The molecule has 0 aromatic carbocycles. The van der Waals surface area contributed by atoms with Crippen LogP contribution >= 0.6 is 0 Å². The molecule has 0 aliphatic carbocycles. The molecule has 3 fully saturated rings. The van der Waals surface area contributed by atoms with Gasteiger partial charge in [-0.05, 0) is 85.0 Å². The summed E-state index contributed by atoms with van der Waals surface area (Å²) in [7, 11) is 0. The highest BCUT2D eigenvalue weighted by atomic mass is 16.6. The Hall–Kier alpha value is -1.83. The third-order valence-electron chi connectivity index (χ3n) is 14.0. The molecule has 0 N–H and O–H groups in total. The van der Waals surface area contributed by atoms with Crippen molar-refractivity contribution in [1.29, 1.82) is 0 Å². The molecule has 404 valence electrons. The molecule has 0 spiro atoms. The van der Waals surface area contributed by atoms with E-state index in [-0.39, 0.29) is 55.9 Å². The summed E-state index contributed by atoms with van der Waals surface area (Å²) in [5.74, 6) is -1.00. The number of epoxide rings is 3. The van der Waals surface area contributed by atoms with Crippen LogP contribution in [0.15, 0.2) is 0 Å². The average molecular weight is 981 g/mol. The maximum Gasteiger partial charge on any atom is 0.306 e. The van der Waals surface area contributed by atoms with E-state index in [9.17, 15) is 14.4 Å². The second kappa shape index (κ2) is 39.7. The van der Waals surface area contributed by atoms with Gasteiger partial charge in [-0.15, -0.1) is 0 Å². The Kier molecular flexibility index (Phi) is 35.3. The normalized spacial score (nSPS) is 22.2. The van der Waals surface area contributed by atoms with Crippen molar-refractivity contribution in [3.8, 4) is 0 Å². The summed E-state index contributed by atoms with van der Waals surface area (Å²) in [6, 6.07) is 0. The van der Waals surface area contributed by atoms with E-state index >= 15 is 0 Å². The Balaban J connectivity index is 1.24. The van der Waals surface area contributed by atoms with Crippen LogP contribution in [0.1, 0.15) is 253 Å². The van der Waals surface area contributed by atoms with Crippen molar-refractivity contribution >= 4 is 17.9 Å². The summed E-state index contributed by atoms with van der Waals surface area (Å²) in [5, 5.41) is 0. The zero-order chi connectivity index (χ0) is 49.7. The first kappa shape index (κ1) is 61.5. The predicted octanol–water partition coefficient (Wildman–Crippen LogP) is 13.4. The second-order valence-electron chi connectivity index (χ2n) is 20.9. The standard InChI is InChI=1S/C57H104O12/c1-7-10-22-31-50-53(68-50)42-54-51(69-54)33-24-17-14-19-26-35-56(59)65-44-48(66-57(60)36-27-20-15-21-30-39-62-46(5)40-45(4)61-37-28-11-8-2)43-64-55(58)34-25-18-13-16-23-32-49-52(67-49)41-47(6)63-38-29-12-9-3/h45-54H,7-44H2,1-6H3. The smallest absolute Gasteiger partial charge is 0.306 e. The van der Waals surface area contributed by atoms with Gasteiger partial charge in [0, 0.05) is 51.9 Å². The summed E-state index contributed by atoms with van der Waals surface area (Å²) in [4.78, 5) is 38.4. The number of hydrogen-bond donors (Lipinski definition) is 0. The van der Waals surface area contributed by atoms with Crippen molar-refractivity contribution in [1.82, 2.24) is 0 Å². The quantitative estimate of drug-likeness (QED) is 0.0248. The summed E-state index contributed by atoms with van der Waals surface area (Å²) in [6.45, 7) is 15.2. The van der Waals surface area contributed by atoms with Gasteiger partial charge in [-0.25, -0.2) is 0 Å². The van der Waals surface area contributed by atoms with E-state index in [1.165, 1.54) is 51.4 Å². The van der Waals surface area contributed by atoms with E-state index in [1.54, 1.807) is 0 Å². The van der Waals surface area contributed by atoms with E-state index in [0.29, 0.717) is 55.9 Å². The van der Waals surface area contributed by atoms with Crippen LogP contribution in [0.3, 0.4) is 0 Å². The van der Waals surface area contributed by atoms with Crippen molar-refractivity contribution in [2.24, 2.45) is 0 Å². The summed E-state index contributed by atoms with van der Waals surface area (Å²) >= 11 is 0. The lowest BCUT2D eigenvalue weighted by Crippen LogP contribution is -2.30. The van der Waals surface area contributed by atoms with Crippen molar-refractivity contribution in [2.75, 3.05) is 33.0 Å². The minimum atomic E-state index is -0.829. The Morgan fingerprint density at radius 3 is 1.26 bits per heavy atom. The summed E-state index contributed by atoms with van der Waals surface area (Å²) < 4.78 is 52.4. The minimum Gasteiger partial charge on any atom is -0.462 e. The molecular weight excluding hydrogens is 877 g/mol.